The Bertz CT molecular complexity index is 823. The summed E-state index contributed by atoms with van der Waals surface area (Å²) in [5.41, 5.74) is 3.07. The van der Waals surface area contributed by atoms with E-state index in [4.69, 9.17) is 4.74 Å². The predicted molar refractivity (Wildman–Crippen MR) is 123 cm³/mol. The largest absolute Gasteiger partial charge is 0.372 e. The molecule has 1 saturated heterocycles. The van der Waals surface area contributed by atoms with Crippen molar-refractivity contribution in [3.05, 3.63) is 23.8 Å². The number of anilines is 2. The van der Waals surface area contributed by atoms with Crippen LogP contribution in [0.2, 0.25) is 0 Å². The van der Waals surface area contributed by atoms with E-state index in [1.54, 1.807) is 20.8 Å². The van der Waals surface area contributed by atoms with Crippen molar-refractivity contribution in [1.82, 2.24) is 4.72 Å². The van der Waals surface area contributed by atoms with Crippen LogP contribution in [-0.2, 0) is 19.6 Å². The summed E-state index contributed by atoms with van der Waals surface area (Å²) in [6, 6.07) is 5.98. The first kappa shape index (κ1) is 24.6. The Morgan fingerprint density at radius 3 is 2.37 bits per heavy atom. The molecule has 7 nitrogen and oxygen atoms in total. The SMILES string of the molecule is Cc1cc(NC(=O)CCCCNS(=O)(=O)C(C)(C)C)ccc1N1C[C@@H](C)O[C@@H](C)C1. The number of sulfonamides is 1. The Morgan fingerprint density at radius 1 is 1.17 bits per heavy atom. The van der Waals surface area contributed by atoms with Gasteiger partial charge in [-0.2, -0.15) is 0 Å². The quantitative estimate of drug-likeness (QED) is 0.606. The van der Waals surface area contributed by atoms with E-state index in [1.807, 2.05) is 12.1 Å². The third-order valence-corrected chi connectivity index (χ3v) is 7.37. The van der Waals surface area contributed by atoms with Crippen LogP contribution in [0.5, 0.6) is 0 Å². The molecular formula is C22H37N3O4S. The molecule has 2 N–H and O–H groups in total. The molecule has 1 aliphatic rings. The van der Waals surface area contributed by atoms with Crippen molar-refractivity contribution in [2.75, 3.05) is 29.9 Å². The molecule has 0 aromatic heterocycles. The lowest BCUT2D eigenvalue weighted by Crippen LogP contribution is -2.45. The summed E-state index contributed by atoms with van der Waals surface area (Å²) in [7, 11) is -3.33. The van der Waals surface area contributed by atoms with E-state index in [0.717, 1.165) is 24.3 Å². The number of nitrogens with zero attached hydrogens (tertiary/aromatic N) is 1. The molecule has 2 atom stereocenters. The van der Waals surface area contributed by atoms with Crippen molar-refractivity contribution in [1.29, 1.82) is 0 Å². The van der Waals surface area contributed by atoms with Gasteiger partial charge >= 0.3 is 0 Å². The number of benzene rings is 1. The molecule has 0 aliphatic carbocycles. The lowest BCUT2D eigenvalue weighted by Gasteiger charge is -2.37. The van der Waals surface area contributed by atoms with Gasteiger partial charge in [0, 0.05) is 37.4 Å². The molecule has 0 spiro atoms. The molecular weight excluding hydrogens is 402 g/mol. The number of hydrogen-bond donors (Lipinski definition) is 2. The van der Waals surface area contributed by atoms with Crippen LogP contribution in [0, 0.1) is 6.92 Å². The third-order valence-electron chi connectivity index (χ3n) is 5.17. The Hall–Kier alpha value is -1.64. The predicted octanol–water partition coefficient (Wildman–Crippen LogP) is 3.44. The summed E-state index contributed by atoms with van der Waals surface area (Å²) in [4.78, 5) is 14.6. The fraction of sp³-hybridized carbons (Fsp3) is 0.682. The van der Waals surface area contributed by atoms with Crippen LogP contribution in [0.25, 0.3) is 0 Å². The van der Waals surface area contributed by atoms with E-state index in [1.165, 1.54) is 5.69 Å². The Kier molecular flexibility index (Phi) is 8.30. The molecule has 1 heterocycles. The zero-order valence-corrected chi connectivity index (χ0v) is 19.9. The molecule has 8 heteroatoms. The number of unbranched alkanes of at least 4 members (excludes halogenated alkanes) is 1. The Balaban J connectivity index is 1.80. The van der Waals surface area contributed by atoms with Crippen molar-refractivity contribution in [3.8, 4) is 0 Å². The van der Waals surface area contributed by atoms with Crippen LogP contribution in [0.4, 0.5) is 11.4 Å². The van der Waals surface area contributed by atoms with Gasteiger partial charge in [-0.1, -0.05) is 0 Å². The van der Waals surface area contributed by atoms with E-state index in [2.05, 4.69) is 41.8 Å². The number of carbonyl (C=O) groups excluding carboxylic acids is 1. The highest BCUT2D eigenvalue weighted by molar-refractivity contribution is 7.90. The molecule has 1 fully saturated rings. The minimum absolute atomic E-state index is 0.0607. The maximum absolute atomic E-state index is 12.2. The van der Waals surface area contributed by atoms with Crippen molar-refractivity contribution >= 4 is 27.3 Å². The van der Waals surface area contributed by atoms with Crippen LogP contribution in [0.1, 0.15) is 59.4 Å². The van der Waals surface area contributed by atoms with Crippen LogP contribution < -0.4 is 14.9 Å². The maximum atomic E-state index is 12.2. The summed E-state index contributed by atoms with van der Waals surface area (Å²) >= 11 is 0. The van der Waals surface area contributed by atoms with Gasteiger partial charge < -0.3 is 15.0 Å². The normalized spacial score (nSPS) is 20.3. The molecule has 2 rings (SSSR count). The van der Waals surface area contributed by atoms with Gasteiger partial charge in [0.25, 0.3) is 0 Å². The van der Waals surface area contributed by atoms with E-state index in [-0.39, 0.29) is 18.1 Å². The molecule has 1 aromatic carbocycles. The number of nitrogens with one attached hydrogen (secondary N) is 2. The highest BCUT2D eigenvalue weighted by Crippen LogP contribution is 2.26. The first-order valence-corrected chi connectivity index (χ1v) is 12.2. The second-order valence-electron chi connectivity index (χ2n) is 9.18. The molecule has 1 aliphatic heterocycles. The minimum atomic E-state index is -3.33. The van der Waals surface area contributed by atoms with Crippen molar-refractivity contribution in [2.24, 2.45) is 0 Å². The number of carbonyl (C=O) groups is 1. The van der Waals surface area contributed by atoms with Gasteiger partial charge in [0.05, 0.1) is 17.0 Å². The van der Waals surface area contributed by atoms with Crippen molar-refractivity contribution < 1.29 is 17.9 Å². The molecule has 30 heavy (non-hydrogen) atoms. The second-order valence-corrected chi connectivity index (χ2v) is 11.7. The van der Waals surface area contributed by atoms with Crippen molar-refractivity contribution in [2.45, 2.75) is 77.8 Å². The lowest BCUT2D eigenvalue weighted by atomic mass is 10.1. The second kappa shape index (κ2) is 10.1. The van der Waals surface area contributed by atoms with Gasteiger partial charge in [-0.15, -0.1) is 0 Å². The molecule has 1 aromatic rings. The van der Waals surface area contributed by atoms with Gasteiger partial charge in [-0.25, -0.2) is 13.1 Å². The van der Waals surface area contributed by atoms with Gasteiger partial charge in [-0.05, 0) is 78.1 Å². The molecule has 170 valence electrons. The fourth-order valence-corrected chi connectivity index (χ4v) is 4.37. The number of aryl methyl sites for hydroxylation is 1. The average molecular weight is 440 g/mol. The third kappa shape index (κ3) is 6.96. The van der Waals surface area contributed by atoms with Gasteiger partial charge in [-0.3, -0.25) is 4.79 Å². The summed E-state index contributed by atoms with van der Waals surface area (Å²) in [6.07, 6.45) is 1.99. The molecule has 0 saturated carbocycles. The highest BCUT2D eigenvalue weighted by atomic mass is 32.2. The first-order chi connectivity index (χ1) is 13.9. The lowest BCUT2D eigenvalue weighted by molar-refractivity contribution is -0.116. The van der Waals surface area contributed by atoms with E-state index in [0.29, 0.717) is 25.8 Å². The van der Waals surface area contributed by atoms with Crippen molar-refractivity contribution in [3.63, 3.8) is 0 Å². The smallest absolute Gasteiger partial charge is 0.224 e. The van der Waals surface area contributed by atoms with Crippen LogP contribution in [0.3, 0.4) is 0 Å². The Labute approximate surface area is 181 Å². The van der Waals surface area contributed by atoms with Crippen LogP contribution >= 0.6 is 0 Å². The Morgan fingerprint density at radius 2 is 1.80 bits per heavy atom. The number of morpholine rings is 1. The number of ether oxygens (including phenoxy) is 1. The zero-order chi connectivity index (χ0) is 22.5. The number of amides is 1. The van der Waals surface area contributed by atoms with E-state index >= 15 is 0 Å². The molecule has 0 unspecified atom stereocenters. The first-order valence-electron chi connectivity index (χ1n) is 10.7. The zero-order valence-electron chi connectivity index (χ0n) is 19.1. The topological polar surface area (TPSA) is 87.7 Å². The summed E-state index contributed by atoms with van der Waals surface area (Å²) < 4.78 is 31.6. The summed E-state index contributed by atoms with van der Waals surface area (Å²) in [5.74, 6) is -0.0607. The molecule has 0 radical (unpaired) electrons. The monoisotopic (exact) mass is 439 g/mol. The number of hydrogen-bond acceptors (Lipinski definition) is 5. The average Bonchev–Trinajstić information content (AvgIpc) is 2.59. The van der Waals surface area contributed by atoms with E-state index < -0.39 is 14.8 Å². The summed E-state index contributed by atoms with van der Waals surface area (Å²) in [5, 5.41) is 2.94. The maximum Gasteiger partial charge on any atom is 0.224 e. The van der Waals surface area contributed by atoms with E-state index in [9.17, 15) is 13.2 Å². The van der Waals surface area contributed by atoms with Gasteiger partial charge in [0.15, 0.2) is 0 Å². The standard InChI is InChI=1S/C22H37N3O4S/c1-16-13-19(10-11-20(16)25-14-17(2)29-18(3)15-25)24-21(26)9-7-8-12-23-30(27,28)22(4,5)6/h10-11,13,17-18,23H,7-9,12,14-15H2,1-6H3,(H,24,26)/t17-,18+. The van der Waals surface area contributed by atoms with Crippen LogP contribution in [0.15, 0.2) is 18.2 Å². The summed E-state index contributed by atoms with van der Waals surface area (Å²) in [6.45, 7) is 13.3. The fourth-order valence-electron chi connectivity index (χ4n) is 3.52. The highest BCUT2D eigenvalue weighted by Gasteiger charge is 2.28. The van der Waals surface area contributed by atoms with Gasteiger partial charge in [0.1, 0.15) is 0 Å². The molecule has 0 bridgehead atoms. The van der Waals surface area contributed by atoms with Crippen LogP contribution in [-0.4, -0.2) is 50.9 Å². The number of rotatable bonds is 8. The molecule has 1 amide bonds. The van der Waals surface area contributed by atoms with Gasteiger partial charge in [0.2, 0.25) is 15.9 Å². The minimum Gasteiger partial charge on any atom is -0.372 e.